The molecule has 1 amide bonds. The maximum atomic E-state index is 12.7. The number of oxazole rings is 1. The van der Waals surface area contributed by atoms with Gasteiger partial charge in [0.1, 0.15) is 16.6 Å². The Balaban J connectivity index is 1.20. The van der Waals surface area contributed by atoms with E-state index in [1.54, 1.807) is 23.8 Å². The van der Waals surface area contributed by atoms with Crippen molar-refractivity contribution in [3.05, 3.63) is 60.6 Å². The SMILES string of the molecule is O=C(Cc1coc(-c2ccccc2)n1)N1CCN(c2nc3cccnc3s2)CC1. The molecule has 1 aromatic carbocycles. The second-order valence-electron chi connectivity index (χ2n) is 6.88. The summed E-state index contributed by atoms with van der Waals surface area (Å²) < 4.78 is 5.54. The maximum absolute atomic E-state index is 12.7. The summed E-state index contributed by atoms with van der Waals surface area (Å²) in [5.41, 5.74) is 2.49. The Morgan fingerprint density at radius 1 is 1.03 bits per heavy atom. The van der Waals surface area contributed by atoms with E-state index in [1.807, 2.05) is 47.4 Å². The molecule has 7 nitrogen and oxygen atoms in total. The standard InChI is InChI=1S/C21H19N5O2S/c27-18(13-16-14-28-19(23-16)15-5-2-1-3-6-15)25-9-11-26(12-10-25)21-24-17-7-4-8-22-20(17)29-21/h1-8,14H,9-13H2. The number of benzene rings is 1. The van der Waals surface area contributed by atoms with E-state index in [9.17, 15) is 4.79 Å². The van der Waals surface area contributed by atoms with Gasteiger partial charge in [-0.25, -0.2) is 15.0 Å². The first kappa shape index (κ1) is 17.8. The quantitative estimate of drug-likeness (QED) is 0.519. The number of thiazole rings is 1. The van der Waals surface area contributed by atoms with Crippen molar-refractivity contribution in [2.45, 2.75) is 6.42 Å². The lowest BCUT2D eigenvalue weighted by Crippen LogP contribution is -2.49. The van der Waals surface area contributed by atoms with E-state index < -0.39 is 0 Å². The zero-order valence-electron chi connectivity index (χ0n) is 15.7. The van der Waals surface area contributed by atoms with Crippen molar-refractivity contribution < 1.29 is 9.21 Å². The van der Waals surface area contributed by atoms with Crippen molar-refractivity contribution in [3.63, 3.8) is 0 Å². The molecule has 3 aromatic heterocycles. The van der Waals surface area contributed by atoms with Crippen LogP contribution in [-0.4, -0.2) is 51.9 Å². The van der Waals surface area contributed by atoms with Gasteiger partial charge in [-0.1, -0.05) is 29.5 Å². The van der Waals surface area contributed by atoms with Crippen molar-refractivity contribution in [1.29, 1.82) is 0 Å². The molecular weight excluding hydrogens is 386 g/mol. The Morgan fingerprint density at radius 2 is 1.86 bits per heavy atom. The van der Waals surface area contributed by atoms with E-state index in [1.165, 1.54) is 0 Å². The number of rotatable bonds is 4. The molecule has 146 valence electrons. The number of carbonyl (C=O) groups is 1. The highest BCUT2D eigenvalue weighted by molar-refractivity contribution is 7.21. The van der Waals surface area contributed by atoms with Crippen molar-refractivity contribution in [2.24, 2.45) is 0 Å². The molecule has 1 fully saturated rings. The average Bonchev–Trinajstić information content (AvgIpc) is 3.41. The third-order valence-electron chi connectivity index (χ3n) is 4.96. The lowest BCUT2D eigenvalue weighted by atomic mass is 10.2. The monoisotopic (exact) mass is 405 g/mol. The van der Waals surface area contributed by atoms with Crippen molar-refractivity contribution in [1.82, 2.24) is 19.9 Å². The summed E-state index contributed by atoms with van der Waals surface area (Å²) in [6.07, 6.45) is 3.61. The van der Waals surface area contributed by atoms with Gasteiger partial charge in [0.25, 0.3) is 0 Å². The fraction of sp³-hybridized carbons (Fsp3) is 0.238. The van der Waals surface area contributed by atoms with Crippen LogP contribution in [0, 0.1) is 0 Å². The number of piperazine rings is 1. The molecule has 8 heteroatoms. The third-order valence-corrected chi connectivity index (χ3v) is 6.00. The number of hydrogen-bond donors (Lipinski definition) is 0. The van der Waals surface area contributed by atoms with Crippen LogP contribution in [0.15, 0.2) is 59.3 Å². The zero-order chi connectivity index (χ0) is 19.6. The summed E-state index contributed by atoms with van der Waals surface area (Å²) in [5.74, 6) is 0.617. The highest BCUT2D eigenvalue weighted by atomic mass is 32.1. The molecule has 0 radical (unpaired) electrons. The van der Waals surface area contributed by atoms with Crippen LogP contribution in [-0.2, 0) is 11.2 Å². The van der Waals surface area contributed by atoms with E-state index in [-0.39, 0.29) is 12.3 Å². The first-order valence-corrected chi connectivity index (χ1v) is 10.3. The van der Waals surface area contributed by atoms with Crippen LogP contribution in [0.5, 0.6) is 0 Å². The topological polar surface area (TPSA) is 75.4 Å². The van der Waals surface area contributed by atoms with E-state index in [4.69, 9.17) is 4.42 Å². The molecule has 29 heavy (non-hydrogen) atoms. The second-order valence-corrected chi connectivity index (χ2v) is 7.83. The van der Waals surface area contributed by atoms with Gasteiger partial charge in [0, 0.05) is 37.9 Å². The number of pyridine rings is 1. The van der Waals surface area contributed by atoms with E-state index in [0.717, 1.165) is 34.1 Å². The van der Waals surface area contributed by atoms with Gasteiger partial charge in [-0.2, -0.15) is 0 Å². The van der Waals surface area contributed by atoms with Crippen LogP contribution < -0.4 is 4.90 Å². The minimum Gasteiger partial charge on any atom is -0.444 e. The average molecular weight is 405 g/mol. The smallest absolute Gasteiger partial charge is 0.228 e. The molecule has 0 saturated carbocycles. The van der Waals surface area contributed by atoms with Gasteiger partial charge in [0.2, 0.25) is 11.8 Å². The normalized spacial score (nSPS) is 14.5. The number of aromatic nitrogens is 3. The number of amides is 1. The van der Waals surface area contributed by atoms with Gasteiger partial charge in [-0.3, -0.25) is 4.79 Å². The van der Waals surface area contributed by atoms with Crippen molar-refractivity contribution in [2.75, 3.05) is 31.1 Å². The third kappa shape index (κ3) is 3.71. The second kappa shape index (κ2) is 7.63. The fourth-order valence-electron chi connectivity index (χ4n) is 3.41. The Hall–Kier alpha value is -3.26. The summed E-state index contributed by atoms with van der Waals surface area (Å²) in [6, 6.07) is 13.6. The predicted octanol–water partition coefficient (Wildman–Crippen LogP) is 3.24. The van der Waals surface area contributed by atoms with E-state index in [0.29, 0.717) is 24.7 Å². The zero-order valence-corrected chi connectivity index (χ0v) is 16.5. The number of anilines is 1. The molecule has 0 N–H and O–H groups in total. The molecule has 0 unspecified atom stereocenters. The molecule has 5 rings (SSSR count). The minimum absolute atomic E-state index is 0.0727. The number of fused-ring (bicyclic) bond motifs is 1. The van der Waals surface area contributed by atoms with Crippen LogP contribution >= 0.6 is 11.3 Å². The minimum atomic E-state index is 0.0727. The number of nitrogens with zero attached hydrogens (tertiary/aromatic N) is 5. The Labute approximate surface area is 171 Å². The van der Waals surface area contributed by atoms with Crippen LogP contribution in [0.4, 0.5) is 5.13 Å². The molecular formula is C21H19N5O2S. The molecule has 4 aromatic rings. The molecule has 1 saturated heterocycles. The Kier molecular flexibility index (Phi) is 4.69. The fourth-order valence-corrected chi connectivity index (χ4v) is 4.37. The van der Waals surface area contributed by atoms with Gasteiger partial charge < -0.3 is 14.2 Å². The molecule has 0 bridgehead atoms. The number of carbonyl (C=O) groups excluding carboxylic acids is 1. The number of hydrogen-bond acceptors (Lipinski definition) is 7. The van der Waals surface area contributed by atoms with Crippen LogP contribution in [0.3, 0.4) is 0 Å². The van der Waals surface area contributed by atoms with E-state index >= 15 is 0 Å². The maximum Gasteiger partial charge on any atom is 0.228 e. The first-order valence-electron chi connectivity index (χ1n) is 9.50. The van der Waals surface area contributed by atoms with Crippen LogP contribution in [0.1, 0.15) is 5.69 Å². The summed E-state index contributed by atoms with van der Waals surface area (Å²) in [5, 5.41) is 0.967. The van der Waals surface area contributed by atoms with Gasteiger partial charge >= 0.3 is 0 Å². The molecule has 0 spiro atoms. The van der Waals surface area contributed by atoms with E-state index in [2.05, 4.69) is 19.9 Å². The first-order chi connectivity index (χ1) is 14.3. The summed E-state index contributed by atoms with van der Waals surface area (Å²) >= 11 is 1.59. The van der Waals surface area contributed by atoms with Crippen molar-refractivity contribution in [3.8, 4) is 11.5 Å². The lowest BCUT2D eigenvalue weighted by Gasteiger charge is -2.34. The van der Waals surface area contributed by atoms with Crippen LogP contribution in [0.2, 0.25) is 0 Å². The van der Waals surface area contributed by atoms with Crippen molar-refractivity contribution >= 4 is 32.7 Å². The lowest BCUT2D eigenvalue weighted by molar-refractivity contribution is -0.130. The summed E-state index contributed by atoms with van der Waals surface area (Å²) in [4.78, 5) is 31.2. The van der Waals surface area contributed by atoms with Gasteiger partial charge in [-0.05, 0) is 24.3 Å². The highest BCUT2D eigenvalue weighted by Gasteiger charge is 2.24. The molecule has 1 aliphatic heterocycles. The predicted molar refractivity (Wildman–Crippen MR) is 112 cm³/mol. The van der Waals surface area contributed by atoms with Gasteiger partial charge in [-0.15, -0.1) is 0 Å². The molecule has 1 aliphatic rings. The summed E-state index contributed by atoms with van der Waals surface area (Å²) in [7, 11) is 0. The van der Waals surface area contributed by atoms with Crippen LogP contribution in [0.25, 0.3) is 21.8 Å². The summed E-state index contributed by atoms with van der Waals surface area (Å²) in [6.45, 7) is 2.87. The Bertz CT molecular complexity index is 1100. The largest absolute Gasteiger partial charge is 0.444 e. The molecule has 4 heterocycles. The highest BCUT2D eigenvalue weighted by Crippen LogP contribution is 2.27. The molecule has 0 aliphatic carbocycles. The molecule has 0 atom stereocenters. The Morgan fingerprint density at radius 3 is 2.66 bits per heavy atom. The van der Waals surface area contributed by atoms with Gasteiger partial charge in [0.15, 0.2) is 5.13 Å². The van der Waals surface area contributed by atoms with Gasteiger partial charge in [0.05, 0.1) is 12.1 Å².